The van der Waals surface area contributed by atoms with Gasteiger partial charge < -0.3 is 10.0 Å². The van der Waals surface area contributed by atoms with Crippen LogP contribution in [0.5, 0.6) is 0 Å². The molecule has 0 radical (unpaired) electrons. The van der Waals surface area contributed by atoms with Crippen molar-refractivity contribution in [3.63, 3.8) is 0 Å². The van der Waals surface area contributed by atoms with Gasteiger partial charge in [-0.1, -0.05) is 26.2 Å². The van der Waals surface area contributed by atoms with Gasteiger partial charge >= 0.3 is 0 Å². The fourth-order valence-corrected chi connectivity index (χ4v) is 4.10. The Morgan fingerprint density at radius 2 is 2.10 bits per heavy atom. The highest BCUT2D eigenvalue weighted by Gasteiger charge is 2.33. The maximum atomic E-state index is 12.5. The van der Waals surface area contributed by atoms with Crippen molar-refractivity contribution in [3.05, 3.63) is 21.4 Å². The molecule has 1 aliphatic carbocycles. The van der Waals surface area contributed by atoms with E-state index in [1.807, 2.05) is 6.07 Å². The zero-order chi connectivity index (χ0) is 14.8. The minimum atomic E-state index is -0.664. The molecule has 3 nitrogen and oxygen atoms in total. The number of carbonyl (C=O) groups excluding carboxylic acids is 1. The third kappa shape index (κ3) is 3.41. The molecular formula is C16H25NO2S. The molecule has 0 saturated heterocycles. The molecule has 0 bridgehead atoms. The van der Waals surface area contributed by atoms with Gasteiger partial charge in [0.05, 0.1) is 10.5 Å². The highest BCUT2D eigenvalue weighted by molar-refractivity contribution is 7.14. The third-order valence-electron chi connectivity index (χ3n) is 4.16. The lowest BCUT2D eigenvalue weighted by Gasteiger charge is -2.28. The molecule has 1 fully saturated rings. The Bertz CT molecular complexity index is 475. The van der Waals surface area contributed by atoms with Crippen LogP contribution < -0.4 is 0 Å². The van der Waals surface area contributed by atoms with Crippen LogP contribution in [0.25, 0.3) is 0 Å². The van der Waals surface area contributed by atoms with E-state index < -0.39 is 5.60 Å². The molecule has 1 N–H and O–H groups in total. The molecular weight excluding hydrogens is 270 g/mol. The van der Waals surface area contributed by atoms with Gasteiger partial charge in [0.15, 0.2) is 0 Å². The first-order valence-electron chi connectivity index (χ1n) is 7.52. The molecule has 0 aromatic carbocycles. The van der Waals surface area contributed by atoms with E-state index in [0.29, 0.717) is 6.54 Å². The molecule has 0 unspecified atom stereocenters. The topological polar surface area (TPSA) is 40.5 Å². The van der Waals surface area contributed by atoms with Crippen molar-refractivity contribution in [1.82, 2.24) is 4.90 Å². The summed E-state index contributed by atoms with van der Waals surface area (Å²) in [5, 5.41) is 10.4. The molecule has 0 atom stereocenters. The quantitative estimate of drug-likeness (QED) is 0.904. The number of aryl methyl sites for hydroxylation is 2. The third-order valence-corrected chi connectivity index (χ3v) is 5.24. The molecule has 0 spiro atoms. The minimum absolute atomic E-state index is 0.0424. The van der Waals surface area contributed by atoms with Crippen LogP contribution >= 0.6 is 11.3 Å². The summed E-state index contributed by atoms with van der Waals surface area (Å²) in [6, 6.07) is 2.03. The normalized spacial score (nSPS) is 17.4. The average molecular weight is 295 g/mol. The number of rotatable bonds is 5. The van der Waals surface area contributed by atoms with E-state index >= 15 is 0 Å². The number of nitrogens with zero attached hydrogens (tertiary/aromatic N) is 1. The van der Waals surface area contributed by atoms with Gasteiger partial charge in [0.25, 0.3) is 5.91 Å². The van der Waals surface area contributed by atoms with Crippen LogP contribution in [-0.2, 0) is 6.42 Å². The molecule has 1 aliphatic rings. The second-order valence-corrected chi connectivity index (χ2v) is 7.29. The predicted octanol–water partition coefficient (Wildman–Crippen LogP) is 3.39. The van der Waals surface area contributed by atoms with Crippen LogP contribution in [-0.4, -0.2) is 35.1 Å². The van der Waals surface area contributed by atoms with Gasteiger partial charge in [-0.25, -0.2) is 0 Å². The summed E-state index contributed by atoms with van der Waals surface area (Å²) >= 11 is 1.57. The molecule has 20 heavy (non-hydrogen) atoms. The molecule has 1 aromatic rings. The number of carbonyl (C=O) groups is 1. The maximum absolute atomic E-state index is 12.5. The smallest absolute Gasteiger partial charge is 0.263 e. The van der Waals surface area contributed by atoms with Crippen molar-refractivity contribution < 1.29 is 9.90 Å². The Labute approximate surface area is 125 Å². The highest BCUT2D eigenvalue weighted by Crippen LogP contribution is 2.31. The first-order valence-corrected chi connectivity index (χ1v) is 8.34. The van der Waals surface area contributed by atoms with Gasteiger partial charge in [-0.15, -0.1) is 11.3 Å². The first kappa shape index (κ1) is 15.5. The van der Waals surface area contributed by atoms with E-state index in [-0.39, 0.29) is 5.91 Å². The van der Waals surface area contributed by atoms with E-state index in [2.05, 4.69) is 13.8 Å². The standard InChI is InChI=1S/C16H25NO2S/c1-4-7-13-10-14(20-12(13)2)15(18)17(3)11-16(19)8-5-6-9-16/h10,19H,4-9,11H2,1-3H3. The number of aliphatic hydroxyl groups is 1. The Morgan fingerprint density at radius 3 is 2.70 bits per heavy atom. The van der Waals surface area contributed by atoms with Crippen LogP contribution in [0.4, 0.5) is 0 Å². The Balaban J connectivity index is 2.04. The molecule has 1 heterocycles. The van der Waals surface area contributed by atoms with Gasteiger partial charge in [-0.3, -0.25) is 4.79 Å². The van der Waals surface area contributed by atoms with Gasteiger partial charge in [0.1, 0.15) is 0 Å². The number of hydrogen-bond donors (Lipinski definition) is 1. The number of thiophene rings is 1. The summed E-state index contributed by atoms with van der Waals surface area (Å²) < 4.78 is 0. The summed E-state index contributed by atoms with van der Waals surface area (Å²) in [4.78, 5) is 16.2. The molecule has 1 aromatic heterocycles. The summed E-state index contributed by atoms with van der Waals surface area (Å²) in [6.45, 7) is 4.68. The Hall–Kier alpha value is -0.870. The van der Waals surface area contributed by atoms with Gasteiger partial charge in [0.2, 0.25) is 0 Å². The van der Waals surface area contributed by atoms with Crippen LogP contribution in [0.3, 0.4) is 0 Å². The summed E-state index contributed by atoms with van der Waals surface area (Å²) in [5.74, 6) is 0.0424. The van der Waals surface area contributed by atoms with Crippen LogP contribution in [0, 0.1) is 6.92 Å². The summed E-state index contributed by atoms with van der Waals surface area (Å²) in [7, 11) is 1.80. The molecule has 112 valence electrons. The second kappa shape index (κ2) is 6.27. The van der Waals surface area contributed by atoms with E-state index in [9.17, 15) is 9.90 Å². The van der Waals surface area contributed by atoms with E-state index in [1.165, 1.54) is 10.4 Å². The van der Waals surface area contributed by atoms with Gasteiger partial charge in [0, 0.05) is 18.5 Å². The van der Waals surface area contributed by atoms with Crippen molar-refractivity contribution >= 4 is 17.2 Å². The zero-order valence-corrected chi connectivity index (χ0v) is 13.6. The lowest BCUT2D eigenvalue weighted by molar-refractivity contribution is 0.0158. The van der Waals surface area contributed by atoms with Gasteiger partial charge in [-0.2, -0.15) is 0 Å². The SMILES string of the molecule is CCCc1cc(C(=O)N(C)CC2(O)CCCC2)sc1C. The number of amides is 1. The lowest BCUT2D eigenvalue weighted by atomic mass is 10.0. The minimum Gasteiger partial charge on any atom is -0.388 e. The summed E-state index contributed by atoms with van der Waals surface area (Å²) in [5.41, 5.74) is 0.622. The Kier molecular flexibility index (Phi) is 4.86. The molecule has 0 aliphatic heterocycles. The number of likely N-dealkylation sites (N-methyl/N-ethyl adjacent to an activating group) is 1. The molecule has 1 saturated carbocycles. The van der Waals surface area contributed by atoms with Crippen molar-refractivity contribution in [1.29, 1.82) is 0 Å². The van der Waals surface area contributed by atoms with Crippen LogP contribution in [0.2, 0.25) is 0 Å². The van der Waals surface area contributed by atoms with E-state index in [1.54, 1.807) is 23.3 Å². The predicted molar refractivity (Wildman–Crippen MR) is 83.4 cm³/mol. The van der Waals surface area contributed by atoms with Crippen molar-refractivity contribution in [2.24, 2.45) is 0 Å². The largest absolute Gasteiger partial charge is 0.388 e. The average Bonchev–Trinajstić information content (AvgIpc) is 2.96. The summed E-state index contributed by atoms with van der Waals surface area (Å²) in [6.07, 6.45) is 5.89. The van der Waals surface area contributed by atoms with Crippen molar-refractivity contribution in [3.8, 4) is 0 Å². The fraction of sp³-hybridized carbons (Fsp3) is 0.688. The van der Waals surface area contributed by atoms with Gasteiger partial charge in [-0.05, 0) is 37.8 Å². The molecule has 1 amide bonds. The molecule has 4 heteroatoms. The maximum Gasteiger partial charge on any atom is 0.263 e. The van der Waals surface area contributed by atoms with Crippen LogP contribution in [0.15, 0.2) is 6.07 Å². The van der Waals surface area contributed by atoms with Crippen molar-refractivity contribution in [2.75, 3.05) is 13.6 Å². The Morgan fingerprint density at radius 1 is 1.45 bits per heavy atom. The number of hydrogen-bond acceptors (Lipinski definition) is 3. The van der Waals surface area contributed by atoms with E-state index in [0.717, 1.165) is 43.4 Å². The van der Waals surface area contributed by atoms with Crippen molar-refractivity contribution in [2.45, 2.75) is 58.0 Å². The second-order valence-electron chi connectivity index (χ2n) is 6.03. The monoisotopic (exact) mass is 295 g/mol. The highest BCUT2D eigenvalue weighted by atomic mass is 32.1. The molecule has 2 rings (SSSR count). The van der Waals surface area contributed by atoms with E-state index in [4.69, 9.17) is 0 Å². The fourth-order valence-electron chi connectivity index (χ4n) is 3.04. The van der Waals surface area contributed by atoms with Crippen LogP contribution in [0.1, 0.15) is 59.1 Å². The lowest BCUT2D eigenvalue weighted by Crippen LogP contribution is -2.41. The first-order chi connectivity index (χ1) is 9.45. The zero-order valence-electron chi connectivity index (χ0n) is 12.7.